The first-order valence-electron chi connectivity index (χ1n) is 10.5. The van der Waals surface area contributed by atoms with E-state index < -0.39 is 0 Å². The van der Waals surface area contributed by atoms with Crippen molar-refractivity contribution >= 4 is 45.5 Å². The van der Waals surface area contributed by atoms with Gasteiger partial charge in [-0.05, 0) is 36.7 Å². The van der Waals surface area contributed by atoms with E-state index in [1.807, 2.05) is 12.1 Å². The van der Waals surface area contributed by atoms with E-state index in [0.29, 0.717) is 22.8 Å². The van der Waals surface area contributed by atoms with Crippen LogP contribution in [-0.2, 0) is 6.54 Å². The fourth-order valence-electron chi connectivity index (χ4n) is 3.58. The van der Waals surface area contributed by atoms with Gasteiger partial charge in [-0.15, -0.1) is 5.10 Å². The Morgan fingerprint density at radius 3 is 2.90 bits per heavy atom. The summed E-state index contributed by atoms with van der Waals surface area (Å²) in [5.41, 5.74) is 10.0. The van der Waals surface area contributed by atoms with Crippen molar-refractivity contribution in [3.8, 4) is 0 Å². The summed E-state index contributed by atoms with van der Waals surface area (Å²) in [5, 5.41) is 12.1. The second-order valence-corrected chi connectivity index (χ2v) is 9.09. The Kier molecular flexibility index (Phi) is 5.36. The van der Waals surface area contributed by atoms with Gasteiger partial charge in [0, 0.05) is 42.4 Å². The Morgan fingerprint density at radius 1 is 1.26 bits per heavy atom. The highest BCUT2D eigenvalue weighted by Crippen LogP contribution is 2.40. The molecule has 5 rings (SSSR count). The standard InChI is InChI=1S/C20H25N9OS/c1-12(2)10-22-4-7-29-19-17(18(21)23-11-24-19)25-20(29)31-16-8-13-15(30-27-26-13)9-14(16)28-5-3-6-28/h8-9,11-12,22H,3-7,10H2,1-2H3,(H2,21,23,24). The minimum absolute atomic E-state index is 0.389. The number of benzene rings is 1. The van der Waals surface area contributed by atoms with E-state index in [0.717, 1.165) is 59.6 Å². The van der Waals surface area contributed by atoms with Crippen LogP contribution in [0.4, 0.5) is 11.5 Å². The molecule has 0 spiro atoms. The lowest BCUT2D eigenvalue weighted by molar-refractivity contribution is 0.424. The van der Waals surface area contributed by atoms with Gasteiger partial charge in [-0.25, -0.2) is 15.0 Å². The van der Waals surface area contributed by atoms with Crippen molar-refractivity contribution in [2.75, 3.05) is 36.8 Å². The number of imidazole rings is 1. The summed E-state index contributed by atoms with van der Waals surface area (Å²) in [4.78, 5) is 16.8. The smallest absolute Gasteiger partial charge is 0.189 e. The van der Waals surface area contributed by atoms with Gasteiger partial charge in [0.2, 0.25) is 0 Å². The van der Waals surface area contributed by atoms with Gasteiger partial charge < -0.3 is 25.0 Å². The lowest BCUT2D eigenvalue weighted by Gasteiger charge is -2.34. The first-order valence-corrected chi connectivity index (χ1v) is 11.3. The lowest BCUT2D eigenvalue weighted by Crippen LogP contribution is -2.37. The molecule has 4 heterocycles. The summed E-state index contributed by atoms with van der Waals surface area (Å²) in [6, 6.07) is 4.03. The van der Waals surface area contributed by atoms with Crippen molar-refractivity contribution in [2.24, 2.45) is 5.92 Å². The molecule has 1 fully saturated rings. The van der Waals surface area contributed by atoms with Crippen LogP contribution in [0, 0.1) is 5.92 Å². The van der Waals surface area contributed by atoms with Gasteiger partial charge in [0.1, 0.15) is 11.8 Å². The van der Waals surface area contributed by atoms with Gasteiger partial charge in [-0.2, -0.15) is 0 Å². The van der Waals surface area contributed by atoms with Gasteiger partial charge in [0.15, 0.2) is 27.7 Å². The maximum atomic E-state index is 6.10. The summed E-state index contributed by atoms with van der Waals surface area (Å²) < 4.78 is 7.40. The molecule has 1 saturated heterocycles. The van der Waals surface area contributed by atoms with Crippen LogP contribution in [0.2, 0.25) is 0 Å². The summed E-state index contributed by atoms with van der Waals surface area (Å²) >= 11 is 1.59. The SMILES string of the molecule is CC(C)CNCCn1c(Sc2cc3nnoc3cc2N2CCC2)nc2c(N)ncnc21. The van der Waals surface area contributed by atoms with E-state index in [-0.39, 0.29) is 0 Å². The van der Waals surface area contributed by atoms with Crippen LogP contribution in [0.1, 0.15) is 20.3 Å². The Hall–Kier alpha value is -2.92. The molecule has 0 saturated carbocycles. The number of hydrogen-bond donors (Lipinski definition) is 2. The molecular weight excluding hydrogens is 414 g/mol. The van der Waals surface area contributed by atoms with Crippen molar-refractivity contribution < 1.29 is 4.52 Å². The zero-order valence-electron chi connectivity index (χ0n) is 17.6. The Balaban J connectivity index is 1.52. The molecule has 0 aliphatic carbocycles. The van der Waals surface area contributed by atoms with E-state index in [1.165, 1.54) is 12.7 Å². The fourth-order valence-corrected chi connectivity index (χ4v) is 4.66. The Labute approximate surface area is 183 Å². The molecule has 3 N–H and O–H groups in total. The van der Waals surface area contributed by atoms with E-state index in [1.54, 1.807) is 11.8 Å². The zero-order chi connectivity index (χ0) is 21.4. The molecule has 4 aromatic rings. The van der Waals surface area contributed by atoms with Crippen LogP contribution in [0.5, 0.6) is 0 Å². The average molecular weight is 440 g/mol. The number of nitrogens with two attached hydrogens (primary N) is 1. The first-order chi connectivity index (χ1) is 15.1. The molecule has 0 bridgehead atoms. The number of aromatic nitrogens is 6. The van der Waals surface area contributed by atoms with Crippen molar-refractivity contribution in [3.05, 3.63) is 18.5 Å². The van der Waals surface area contributed by atoms with Crippen LogP contribution in [0.25, 0.3) is 22.3 Å². The van der Waals surface area contributed by atoms with Crippen molar-refractivity contribution in [1.82, 2.24) is 35.2 Å². The van der Waals surface area contributed by atoms with Crippen LogP contribution in [-0.4, -0.2) is 56.1 Å². The highest BCUT2D eigenvalue weighted by Gasteiger charge is 2.23. The molecule has 1 aromatic carbocycles. The fraction of sp³-hybridized carbons (Fsp3) is 0.450. The molecule has 11 heteroatoms. The van der Waals surface area contributed by atoms with Gasteiger partial charge in [0.05, 0.1) is 5.69 Å². The second kappa shape index (κ2) is 8.31. The maximum absolute atomic E-state index is 6.10. The molecule has 3 aromatic heterocycles. The minimum atomic E-state index is 0.389. The third-order valence-electron chi connectivity index (χ3n) is 5.32. The Bertz CT molecular complexity index is 1210. The Morgan fingerprint density at radius 2 is 2.13 bits per heavy atom. The lowest BCUT2D eigenvalue weighted by atomic mass is 10.1. The quantitative estimate of drug-likeness (QED) is 0.396. The zero-order valence-corrected chi connectivity index (χ0v) is 18.4. The van der Waals surface area contributed by atoms with Gasteiger partial charge in [0.25, 0.3) is 0 Å². The van der Waals surface area contributed by atoms with Crippen LogP contribution in [0.15, 0.2) is 33.0 Å². The number of anilines is 2. The topological polar surface area (TPSA) is 124 Å². The number of fused-ring (bicyclic) bond motifs is 2. The molecule has 31 heavy (non-hydrogen) atoms. The third kappa shape index (κ3) is 3.90. The second-order valence-electron chi connectivity index (χ2n) is 8.08. The summed E-state index contributed by atoms with van der Waals surface area (Å²) in [6.07, 6.45) is 2.67. The molecule has 1 aliphatic heterocycles. The van der Waals surface area contributed by atoms with Gasteiger partial charge in [-0.1, -0.05) is 13.8 Å². The van der Waals surface area contributed by atoms with Crippen molar-refractivity contribution in [3.63, 3.8) is 0 Å². The summed E-state index contributed by atoms with van der Waals surface area (Å²) in [7, 11) is 0. The van der Waals surface area contributed by atoms with Crippen molar-refractivity contribution in [1.29, 1.82) is 0 Å². The number of nitrogens with zero attached hydrogens (tertiary/aromatic N) is 7. The predicted molar refractivity (Wildman–Crippen MR) is 120 cm³/mol. The molecule has 1 aliphatic rings. The normalized spacial score (nSPS) is 14.1. The number of nitrogen functional groups attached to an aromatic ring is 1. The van der Waals surface area contributed by atoms with E-state index in [2.05, 4.69) is 49.0 Å². The van der Waals surface area contributed by atoms with Crippen LogP contribution >= 0.6 is 11.8 Å². The molecule has 10 nitrogen and oxygen atoms in total. The summed E-state index contributed by atoms with van der Waals surface area (Å²) in [5.74, 6) is 0.980. The molecule has 162 valence electrons. The van der Waals surface area contributed by atoms with Gasteiger partial charge in [-0.3, -0.25) is 0 Å². The van der Waals surface area contributed by atoms with Crippen LogP contribution in [0.3, 0.4) is 0 Å². The van der Waals surface area contributed by atoms with E-state index >= 15 is 0 Å². The van der Waals surface area contributed by atoms with E-state index in [4.69, 9.17) is 15.2 Å². The molecule has 0 atom stereocenters. The molecule has 0 amide bonds. The number of rotatable bonds is 8. The minimum Gasteiger partial charge on any atom is -0.382 e. The number of hydrogen-bond acceptors (Lipinski definition) is 10. The highest BCUT2D eigenvalue weighted by molar-refractivity contribution is 7.99. The monoisotopic (exact) mass is 439 g/mol. The maximum Gasteiger partial charge on any atom is 0.189 e. The van der Waals surface area contributed by atoms with E-state index in [9.17, 15) is 0 Å². The predicted octanol–water partition coefficient (Wildman–Crippen LogP) is 2.55. The summed E-state index contributed by atoms with van der Waals surface area (Å²) in [6.45, 7) is 8.94. The molecule has 0 unspecified atom stereocenters. The molecule has 0 radical (unpaired) electrons. The average Bonchev–Trinajstić information content (AvgIpc) is 3.29. The van der Waals surface area contributed by atoms with Gasteiger partial charge >= 0.3 is 0 Å². The van der Waals surface area contributed by atoms with Crippen LogP contribution < -0.4 is 16.0 Å². The first kappa shape index (κ1) is 20.0. The number of nitrogens with one attached hydrogen (secondary N) is 1. The highest BCUT2D eigenvalue weighted by atomic mass is 32.2. The van der Waals surface area contributed by atoms with Crippen molar-refractivity contribution in [2.45, 2.75) is 36.9 Å². The molecular formula is C20H25N9OS. The largest absolute Gasteiger partial charge is 0.382 e. The third-order valence-corrected chi connectivity index (χ3v) is 6.36.